The topological polar surface area (TPSA) is 80.9 Å². The Bertz CT molecular complexity index is 316. The number of aliphatic hydroxyl groups excluding tert-OH is 1. The lowest BCUT2D eigenvalue weighted by molar-refractivity contribution is -0.219. The zero-order valence-electron chi connectivity index (χ0n) is 11.7. The predicted octanol–water partition coefficient (Wildman–Crippen LogP) is 0.668. The number of hydrogen-bond donors (Lipinski definition) is 4. The van der Waals surface area contributed by atoms with Crippen molar-refractivity contribution in [1.29, 1.82) is 0 Å². The molecule has 4 heteroatoms. The van der Waals surface area contributed by atoms with E-state index < -0.39 is 27.6 Å². The van der Waals surface area contributed by atoms with Crippen molar-refractivity contribution in [3.63, 3.8) is 0 Å². The second-order valence-corrected chi connectivity index (χ2v) is 6.93. The summed E-state index contributed by atoms with van der Waals surface area (Å²) in [6.07, 6.45) is 0.347. The average Bonchev–Trinajstić information content (AvgIpc) is 2.24. The number of aliphatic hydroxyl groups is 4. The van der Waals surface area contributed by atoms with Crippen molar-refractivity contribution in [2.24, 2.45) is 10.8 Å². The summed E-state index contributed by atoms with van der Waals surface area (Å²) >= 11 is 0. The van der Waals surface area contributed by atoms with Crippen molar-refractivity contribution in [3.05, 3.63) is 0 Å². The molecule has 0 bridgehead atoms. The third-order valence-corrected chi connectivity index (χ3v) is 5.64. The Kier molecular flexibility index (Phi) is 3.02. The van der Waals surface area contributed by atoms with Gasteiger partial charge < -0.3 is 20.4 Å². The number of hydrogen-bond acceptors (Lipinski definition) is 4. The molecule has 0 aliphatic heterocycles. The molecule has 0 spiro atoms. The fourth-order valence-corrected chi connectivity index (χ4v) is 3.27. The average molecular weight is 246 g/mol. The molecule has 4 N–H and O–H groups in total. The van der Waals surface area contributed by atoms with E-state index in [0.717, 1.165) is 0 Å². The lowest BCUT2D eigenvalue weighted by Gasteiger charge is -2.49. The van der Waals surface area contributed by atoms with Crippen LogP contribution in [0.1, 0.15) is 48.0 Å². The molecule has 0 amide bonds. The highest BCUT2D eigenvalue weighted by Gasteiger charge is 2.73. The van der Waals surface area contributed by atoms with Crippen LogP contribution in [0.3, 0.4) is 0 Å². The maximum atomic E-state index is 10.7. The lowest BCUT2D eigenvalue weighted by atomic mass is 9.64. The Labute approximate surface area is 103 Å². The first-order valence-corrected chi connectivity index (χ1v) is 6.05. The van der Waals surface area contributed by atoms with Crippen LogP contribution in [0.5, 0.6) is 0 Å². The normalized spacial score (nSPS) is 51.9. The molecule has 1 aliphatic carbocycles. The van der Waals surface area contributed by atoms with Gasteiger partial charge >= 0.3 is 0 Å². The van der Waals surface area contributed by atoms with Crippen LogP contribution in [-0.4, -0.2) is 43.8 Å². The van der Waals surface area contributed by atoms with Gasteiger partial charge in [-0.05, 0) is 34.1 Å². The van der Waals surface area contributed by atoms with Gasteiger partial charge in [-0.1, -0.05) is 13.8 Å². The molecule has 1 saturated carbocycles. The minimum absolute atomic E-state index is 0.234. The van der Waals surface area contributed by atoms with Crippen LogP contribution in [0.2, 0.25) is 0 Å². The van der Waals surface area contributed by atoms with Crippen molar-refractivity contribution in [3.8, 4) is 0 Å². The van der Waals surface area contributed by atoms with Gasteiger partial charge in [-0.25, -0.2) is 0 Å². The van der Waals surface area contributed by atoms with Crippen LogP contribution in [0, 0.1) is 10.8 Å². The maximum Gasteiger partial charge on any atom is 0.0989 e. The van der Waals surface area contributed by atoms with E-state index in [0.29, 0.717) is 6.42 Å². The fourth-order valence-electron chi connectivity index (χ4n) is 3.27. The van der Waals surface area contributed by atoms with Crippen LogP contribution in [0.25, 0.3) is 0 Å². The van der Waals surface area contributed by atoms with Crippen LogP contribution < -0.4 is 0 Å². The Balaban J connectivity index is 3.43. The van der Waals surface area contributed by atoms with E-state index in [1.807, 2.05) is 0 Å². The maximum absolute atomic E-state index is 10.7. The molecule has 0 aromatic heterocycles. The summed E-state index contributed by atoms with van der Waals surface area (Å²) in [6, 6.07) is 0. The molecule has 1 rings (SSSR count). The van der Waals surface area contributed by atoms with Gasteiger partial charge in [-0.2, -0.15) is 0 Å². The van der Waals surface area contributed by atoms with Crippen LogP contribution in [0.15, 0.2) is 0 Å². The summed E-state index contributed by atoms with van der Waals surface area (Å²) in [4.78, 5) is 0. The predicted molar refractivity (Wildman–Crippen MR) is 65.5 cm³/mol. The minimum Gasteiger partial charge on any atom is -0.396 e. The molecule has 0 aromatic carbocycles. The van der Waals surface area contributed by atoms with E-state index in [9.17, 15) is 20.4 Å². The molecule has 0 aromatic rings. The highest BCUT2D eigenvalue weighted by molar-refractivity contribution is 5.23. The van der Waals surface area contributed by atoms with Crippen molar-refractivity contribution in [2.75, 3.05) is 6.61 Å². The van der Waals surface area contributed by atoms with Gasteiger partial charge in [-0.3, -0.25) is 0 Å². The summed E-state index contributed by atoms with van der Waals surface area (Å²) < 4.78 is 0. The van der Waals surface area contributed by atoms with Gasteiger partial charge in [0.05, 0.1) is 23.4 Å². The quantitative estimate of drug-likeness (QED) is 0.577. The van der Waals surface area contributed by atoms with E-state index in [4.69, 9.17) is 0 Å². The fraction of sp³-hybridized carbons (Fsp3) is 1.00. The second-order valence-electron chi connectivity index (χ2n) is 6.93. The van der Waals surface area contributed by atoms with Gasteiger partial charge in [0.1, 0.15) is 0 Å². The summed E-state index contributed by atoms with van der Waals surface area (Å²) in [7, 11) is 0. The molecule has 102 valence electrons. The zero-order valence-corrected chi connectivity index (χ0v) is 11.7. The largest absolute Gasteiger partial charge is 0.396 e. The highest BCUT2D eigenvalue weighted by Crippen LogP contribution is 2.64. The first-order chi connectivity index (χ1) is 7.27. The molecular formula is C13H26O4. The van der Waals surface area contributed by atoms with E-state index in [1.165, 1.54) is 13.8 Å². The molecule has 0 heterocycles. The molecular weight excluding hydrogens is 220 g/mol. The van der Waals surface area contributed by atoms with E-state index >= 15 is 0 Å². The molecule has 1 aliphatic rings. The first-order valence-electron chi connectivity index (χ1n) is 6.05. The Morgan fingerprint density at radius 1 is 1.00 bits per heavy atom. The molecule has 1 fully saturated rings. The van der Waals surface area contributed by atoms with Gasteiger partial charge in [0.15, 0.2) is 0 Å². The number of rotatable bonds is 2. The van der Waals surface area contributed by atoms with Gasteiger partial charge in [0.25, 0.3) is 0 Å². The molecule has 17 heavy (non-hydrogen) atoms. The van der Waals surface area contributed by atoms with Crippen LogP contribution >= 0.6 is 0 Å². The van der Waals surface area contributed by atoms with E-state index in [2.05, 4.69) is 0 Å². The van der Waals surface area contributed by atoms with Gasteiger partial charge in [-0.15, -0.1) is 0 Å². The van der Waals surface area contributed by atoms with Crippen molar-refractivity contribution >= 4 is 0 Å². The lowest BCUT2D eigenvalue weighted by Crippen LogP contribution is -2.62. The molecule has 4 atom stereocenters. The molecule has 4 nitrogen and oxygen atoms in total. The summed E-state index contributed by atoms with van der Waals surface area (Å²) in [5.41, 5.74) is -5.86. The van der Waals surface area contributed by atoms with E-state index in [-0.39, 0.29) is 6.61 Å². The Morgan fingerprint density at radius 3 is 1.59 bits per heavy atom. The first kappa shape index (κ1) is 14.9. The zero-order chi connectivity index (χ0) is 13.9. The summed E-state index contributed by atoms with van der Waals surface area (Å²) in [5, 5.41) is 41.2. The second kappa shape index (κ2) is 3.44. The van der Waals surface area contributed by atoms with Crippen molar-refractivity contribution in [2.45, 2.75) is 64.8 Å². The molecule has 4 unspecified atom stereocenters. The summed E-state index contributed by atoms with van der Waals surface area (Å²) in [6.45, 7) is 9.57. The van der Waals surface area contributed by atoms with Crippen LogP contribution in [0.4, 0.5) is 0 Å². The van der Waals surface area contributed by atoms with E-state index in [1.54, 1.807) is 27.7 Å². The van der Waals surface area contributed by atoms with Crippen molar-refractivity contribution < 1.29 is 20.4 Å². The Morgan fingerprint density at radius 2 is 1.41 bits per heavy atom. The highest BCUT2D eigenvalue weighted by atomic mass is 16.4. The van der Waals surface area contributed by atoms with Gasteiger partial charge in [0, 0.05) is 10.8 Å². The Hall–Kier alpha value is -0.160. The monoisotopic (exact) mass is 246 g/mol. The van der Waals surface area contributed by atoms with Crippen LogP contribution in [-0.2, 0) is 0 Å². The summed E-state index contributed by atoms with van der Waals surface area (Å²) in [5.74, 6) is 0. The van der Waals surface area contributed by atoms with Gasteiger partial charge in [0.2, 0.25) is 0 Å². The third-order valence-electron chi connectivity index (χ3n) is 5.64. The minimum atomic E-state index is -1.49. The van der Waals surface area contributed by atoms with Crippen molar-refractivity contribution in [1.82, 2.24) is 0 Å². The SMILES string of the molecule is CC(C)(O)C1(C)CC(C)(CO)C(C)(O)C1(C)O. The smallest absolute Gasteiger partial charge is 0.0989 e. The third kappa shape index (κ3) is 1.51. The molecule has 0 saturated heterocycles. The molecule has 0 radical (unpaired) electrons. The standard InChI is InChI=1S/C13H26O4/c1-9(2,15)11(4)7-10(3,8-14)12(5,16)13(11,6)17/h14-17H,7-8H2,1-6H3.